The van der Waals surface area contributed by atoms with Crippen molar-refractivity contribution in [2.45, 2.75) is 31.8 Å². The van der Waals surface area contributed by atoms with E-state index in [1.54, 1.807) is 0 Å². The van der Waals surface area contributed by atoms with E-state index >= 15 is 0 Å². The van der Waals surface area contributed by atoms with E-state index in [1.165, 1.54) is 30.4 Å². The lowest BCUT2D eigenvalue weighted by Gasteiger charge is -2.11. The first-order valence-electron chi connectivity index (χ1n) is 6.17. The smallest absolute Gasteiger partial charge is 0.119 e. The fourth-order valence-electron chi connectivity index (χ4n) is 2.36. The molecule has 0 bridgehead atoms. The fraction of sp³-hybridized carbons (Fsp3) is 0.500. The van der Waals surface area contributed by atoms with Gasteiger partial charge in [-0.05, 0) is 42.5 Å². The second-order valence-electron chi connectivity index (χ2n) is 4.51. The van der Waals surface area contributed by atoms with E-state index in [0.717, 1.165) is 12.2 Å². The molecule has 17 heavy (non-hydrogen) atoms. The van der Waals surface area contributed by atoms with Crippen LogP contribution in [0.25, 0.3) is 0 Å². The summed E-state index contributed by atoms with van der Waals surface area (Å²) in [5.41, 5.74) is 14.6. The molecule has 1 saturated heterocycles. The molecule has 0 saturated carbocycles. The van der Waals surface area contributed by atoms with E-state index in [1.807, 2.05) is 0 Å². The molecule has 1 fully saturated rings. The number of benzene rings is 1. The van der Waals surface area contributed by atoms with Gasteiger partial charge in [-0.2, -0.15) is 11.1 Å². The summed E-state index contributed by atoms with van der Waals surface area (Å²) in [6.07, 6.45) is 4.82. The number of hydrazine groups is 3. The van der Waals surface area contributed by atoms with Gasteiger partial charge in [0.2, 0.25) is 0 Å². The minimum absolute atomic E-state index is 0.212. The fourth-order valence-corrected chi connectivity index (χ4v) is 2.36. The molecule has 1 aromatic carbocycles. The van der Waals surface area contributed by atoms with Crippen molar-refractivity contribution in [1.82, 2.24) is 21.9 Å². The van der Waals surface area contributed by atoms with Gasteiger partial charge in [-0.1, -0.05) is 6.07 Å². The molecule has 1 aliphatic carbocycles. The van der Waals surface area contributed by atoms with Crippen LogP contribution in [0.4, 0.5) is 0 Å². The Kier molecular flexibility index (Phi) is 3.24. The van der Waals surface area contributed by atoms with Gasteiger partial charge >= 0.3 is 0 Å². The van der Waals surface area contributed by atoms with Crippen LogP contribution in [0.1, 0.15) is 24.0 Å². The van der Waals surface area contributed by atoms with Crippen molar-refractivity contribution in [3.63, 3.8) is 0 Å². The van der Waals surface area contributed by atoms with Crippen LogP contribution in [0.3, 0.4) is 0 Å². The minimum atomic E-state index is 0.212. The monoisotopic (exact) mass is 234 g/mol. The molecule has 0 spiro atoms. The maximum atomic E-state index is 5.76. The largest absolute Gasteiger partial charge is 0.493 e. The highest BCUT2D eigenvalue weighted by atomic mass is 16.5. The van der Waals surface area contributed by atoms with E-state index in [2.05, 4.69) is 40.1 Å². The number of fused-ring (bicyclic) bond motifs is 1. The summed E-state index contributed by atoms with van der Waals surface area (Å²) < 4.78 is 5.76. The molecule has 5 heteroatoms. The Hall–Kier alpha value is -1.14. The van der Waals surface area contributed by atoms with Gasteiger partial charge in [0.25, 0.3) is 0 Å². The molecule has 92 valence electrons. The highest BCUT2D eigenvalue weighted by Crippen LogP contribution is 2.25. The lowest BCUT2D eigenvalue weighted by molar-refractivity contribution is 0.283. The first-order valence-corrected chi connectivity index (χ1v) is 6.17. The molecular weight excluding hydrogens is 216 g/mol. The zero-order chi connectivity index (χ0) is 11.5. The van der Waals surface area contributed by atoms with Gasteiger partial charge in [0, 0.05) is 6.42 Å². The molecule has 5 nitrogen and oxygen atoms in total. The molecule has 0 aromatic heterocycles. The summed E-state index contributed by atoms with van der Waals surface area (Å²) in [4.78, 5) is 0. The summed E-state index contributed by atoms with van der Waals surface area (Å²) in [5.74, 6) is 0.990. The minimum Gasteiger partial charge on any atom is -0.493 e. The van der Waals surface area contributed by atoms with Crippen molar-refractivity contribution in [2.24, 2.45) is 0 Å². The van der Waals surface area contributed by atoms with E-state index in [9.17, 15) is 0 Å². The number of nitrogens with one attached hydrogen (secondary N) is 4. The molecule has 1 heterocycles. The van der Waals surface area contributed by atoms with Gasteiger partial charge in [-0.25, -0.2) is 10.9 Å². The molecule has 2 aliphatic rings. The Morgan fingerprint density at radius 3 is 2.82 bits per heavy atom. The van der Waals surface area contributed by atoms with Crippen molar-refractivity contribution in [3.05, 3.63) is 29.3 Å². The lowest BCUT2D eigenvalue weighted by Crippen LogP contribution is -2.35. The predicted molar refractivity (Wildman–Crippen MR) is 64.9 cm³/mol. The highest BCUT2D eigenvalue weighted by Gasteiger charge is 2.13. The SMILES string of the molecule is c1cc2c(cc1OCCC1NNNN1)CCC2. The van der Waals surface area contributed by atoms with Crippen molar-refractivity contribution >= 4 is 0 Å². The third kappa shape index (κ3) is 2.58. The van der Waals surface area contributed by atoms with Crippen LogP contribution in [0, 0.1) is 0 Å². The Balaban J connectivity index is 1.51. The highest BCUT2D eigenvalue weighted by molar-refractivity contribution is 5.38. The third-order valence-electron chi connectivity index (χ3n) is 3.30. The molecule has 4 N–H and O–H groups in total. The van der Waals surface area contributed by atoms with Crippen LogP contribution in [0.15, 0.2) is 18.2 Å². The summed E-state index contributed by atoms with van der Waals surface area (Å²) in [5, 5.41) is 0. The summed E-state index contributed by atoms with van der Waals surface area (Å²) in [6, 6.07) is 6.47. The topological polar surface area (TPSA) is 57.4 Å². The standard InChI is InChI=1S/C12H18N4O/c1-2-9-4-5-11(8-10(9)3-1)17-7-6-12-13-15-16-14-12/h4-5,8,12-16H,1-3,6-7H2. The normalized spacial score (nSPS) is 19.5. The van der Waals surface area contributed by atoms with Crippen LogP contribution in [0.2, 0.25) is 0 Å². The van der Waals surface area contributed by atoms with Crippen molar-refractivity contribution in [3.8, 4) is 5.75 Å². The number of rotatable bonds is 4. The van der Waals surface area contributed by atoms with Crippen LogP contribution < -0.4 is 26.7 Å². The Bertz CT molecular complexity index is 390. The molecule has 0 atom stereocenters. The Labute approximate surface area is 101 Å². The Morgan fingerprint density at radius 2 is 1.94 bits per heavy atom. The molecular formula is C12H18N4O. The van der Waals surface area contributed by atoms with Gasteiger partial charge < -0.3 is 4.74 Å². The van der Waals surface area contributed by atoms with Gasteiger partial charge in [0.1, 0.15) is 5.75 Å². The molecule has 0 amide bonds. The zero-order valence-electron chi connectivity index (χ0n) is 9.75. The van der Waals surface area contributed by atoms with Gasteiger partial charge in [-0.3, -0.25) is 0 Å². The summed E-state index contributed by atoms with van der Waals surface area (Å²) in [6.45, 7) is 0.701. The quantitative estimate of drug-likeness (QED) is 0.607. The third-order valence-corrected chi connectivity index (χ3v) is 3.30. The van der Waals surface area contributed by atoms with Crippen LogP contribution in [0.5, 0.6) is 5.75 Å². The number of hydrogen-bond acceptors (Lipinski definition) is 5. The van der Waals surface area contributed by atoms with Gasteiger partial charge in [-0.15, -0.1) is 0 Å². The Morgan fingerprint density at radius 1 is 1.12 bits per heavy atom. The predicted octanol–water partition coefficient (Wildman–Crippen LogP) is 0.387. The number of ether oxygens (including phenoxy) is 1. The molecule has 0 radical (unpaired) electrons. The average molecular weight is 234 g/mol. The van der Waals surface area contributed by atoms with E-state index in [0.29, 0.717) is 6.61 Å². The average Bonchev–Trinajstić information content (AvgIpc) is 2.98. The molecule has 3 rings (SSSR count). The molecule has 1 aliphatic heterocycles. The van der Waals surface area contributed by atoms with E-state index in [4.69, 9.17) is 4.74 Å². The zero-order valence-corrected chi connectivity index (χ0v) is 9.75. The van der Waals surface area contributed by atoms with E-state index in [-0.39, 0.29) is 6.17 Å². The lowest BCUT2D eigenvalue weighted by atomic mass is 10.1. The maximum Gasteiger partial charge on any atom is 0.119 e. The van der Waals surface area contributed by atoms with Crippen molar-refractivity contribution < 1.29 is 4.74 Å². The van der Waals surface area contributed by atoms with Gasteiger partial charge in [0.15, 0.2) is 0 Å². The first-order chi connectivity index (χ1) is 8.42. The molecule has 0 unspecified atom stereocenters. The first kappa shape index (κ1) is 11.0. The summed E-state index contributed by atoms with van der Waals surface area (Å²) in [7, 11) is 0. The summed E-state index contributed by atoms with van der Waals surface area (Å²) >= 11 is 0. The van der Waals surface area contributed by atoms with Crippen LogP contribution in [-0.4, -0.2) is 12.8 Å². The maximum absolute atomic E-state index is 5.76. The van der Waals surface area contributed by atoms with Crippen molar-refractivity contribution in [2.75, 3.05) is 6.61 Å². The van der Waals surface area contributed by atoms with Crippen LogP contribution >= 0.6 is 0 Å². The second-order valence-corrected chi connectivity index (χ2v) is 4.51. The number of hydrogen-bond donors (Lipinski definition) is 4. The van der Waals surface area contributed by atoms with E-state index < -0.39 is 0 Å². The number of aryl methyl sites for hydroxylation is 2. The second kappa shape index (κ2) is 5.01. The van der Waals surface area contributed by atoms with Gasteiger partial charge in [0.05, 0.1) is 12.8 Å². The van der Waals surface area contributed by atoms with Crippen LogP contribution in [-0.2, 0) is 12.8 Å². The molecule has 1 aromatic rings. The van der Waals surface area contributed by atoms with Crippen molar-refractivity contribution in [1.29, 1.82) is 0 Å².